The van der Waals surface area contributed by atoms with Crippen LogP contribution in [0, 0.1) is 0 Å². The number of nitrogens with zero attached hydrogens (tertiary/aromatic N) is 3. The molecule has 0 aliphatic rings. The Balaban J connectivity index is 2.04. The molecule has 0 fully saturated rings. The summed E-state index contributed by atoms with van der Waals surface area (Å²) in [5, 5.41) is 2.83. The summed E-state index contributed by atoms with van der Waals surface area (Å²) in [7, 11) is 2.92. The lowest BCUT2D eigenvalue weighted by Gasteiger charge is -2.03. The van der Waals surface area contributed by atoms with Crippen LogP contribution in [-0.4, -0.2) is 20.1 Å². The van der Waals surface area contributed by atoms with Crippen molar-refractivity contribution in [3.05, 3.63) is 54.8 Å². The fourth-order valence-corrected chi connectivity index (χ4v) is 2.61. The van der Waals surface area contributed by atoms with Crippen molar-refractivity contribution in [2.75, 3.05) is 0 Å². The number of ether oxygens (including phenoxy) is 1. The maximum Gasteiger partial charge on any atom is 0.331 e. The Morgan fingerprint density at radius 3 is 2.78 bits per heavy atom. The Morgan fingerprint density at radius 2 is 2.13 bits per heavy atom. The second-order valence-electron chi connectivity index (χ2n) is 4.87. The van der Waals surface area contributed by atoms with Gasteiger partial charge in [-0.3, -0.25) is 9.36 Å². The highest BCUT2D eigenvalue weighted by Crippen LogP contribution is 2.11. The van der Waals surface area contributed by atoms with E-state index in [0.717, 1.165) is 22.1 Å². The van der Waals surface area contributed by atoms with Crippen molar-refractivity contribution in [3.8, 4) is 0 Å². The first-order chi connectivity index (χ1) is 10.9. The zero-order valence-corrected chi connectivity index (χ0v) is 13.9. The average Bonchev–Trinajstić information content (AvgIpc) is 3.01. The number of thiazole rings is 1. The average molecular weight is 335 g/mol. The molecule has 0 spiro atoms. The van der Waals surface area contributed by atoms with Gasteiger partial charge in [0.15, 0.2) is 0 Å². The topological polar surface area (TPSA) is 83.2 Å². The minimum atomic E-state index is -0.577. The summed E-state index contributed by atoms with van der Waals surface area (Å²) in [6.45, 7) is 2.09. The van der Waals surface area contributed by atoms with E-state index in [2.05, 4.69) is 4.98 Å². The maximum atomic E-state index is 11.9. The number of esters is 1. The fourth-order valence-electron chi connectivity index (χ4n) is 1.88. The van der Waals surface area contributed by atoms with E-state index in [1.807, 2.05) is 12.3 Å². The number of aryl methyl sites for hydroxylation is 2. The molecule has 0 aromatic carbocycles. The molecule has 23 heavy (non-hydrogen) atoms. The van der Waals surface area contributed by atoms with Crippen LogP contribution in [0.1, 0.15) is 23.2 Å². The van der Waals surface area contributed by atoms with Crippen LogP contribution < -0.4 is 11.2 Å². The quantitative estimate of drug-likeness (QED) is 0.598. The van der Waals surface area contributed by atoms with E-state index >= 15 is 0 Å². The van der Waals surface area contributed by atoms with Crippen LogP contribution >= 0.6 is 11.3 Å². The van der Waals surface area contributed by atoms with Crippen molar-refractivity contribution < 1.29 is 9.53 Å². The van der Waals surface area contributed by atoms with Gasteiger partial charge in [0.05, 0.1) is 16.3 Å². The summed E-state index contributed by atoms with van der Waals surface area (Å²) in [6, 6.07) is 0. The third-order valence-electron chi connectivity index (χ3n) is 3.14. The van der Waals surface area contributed by atoms with Crippen LogP contribution in [0.3, 0.4) is 0 Å². The molecule has 2 aromatic rings. The van der Waals surface area contributed by atoms with Gasteiger partial charge in [0.2, 0.25) is 0 Å². The van der Waals surface area contributed by atoms with Crippen LogP contribution in [0.15, 0.2) is 27.2 Å². The van der Waals surface area contributed by atoms with Crippen LogP contribution in [0.4, 0.5) is 0 Å². The molecule has 122 valence electrons. The molecular formula is C15H17N3O4S. The van der Waals surface area contributed by atoms with Crippen molar-refractivity contribution in [2.24, 2.45) is 14.1 Å². The highest BCUT2D eigenvalue weighted by atomic mass is 32.1. The van der Waals surface area contributed by atoms with Crippen molar-refractivity contribution >= 4 is 23.4 Å². The van der Waals surface area contributed by atoms with Crippen molar-refractivity contribution in [2.45, 2.75) is 20.0 Å². The highest BCUT2D eigenvalue weighted by Gasteiger charge is 2.06. The number of hydrogen-bond acceptors (Lipinski definition) is 6. The van der Waals surface area contributed by atoms with Gasteiger partial charge in [-0.1, -0.05) is 6.92 Å². The fraction of sp³-hybridized carbons (Fsp3) is 0.333. The molecule has 0 saturated heterocycles. The van der Waals surface area contributed by atoms with Crippen LogP contribution in [0.5, 0.6) is 0 Å². The Labute approximate surface area is 136 Å². The Kier molecular flexibility index (Phi) is 5.28. The molecule has 0 aliphatic carbocycles. The van der Waals surface area contributed by atoms with Gasteiger partial charge in [-0.05, 0) is 12.5 Å². The Hall–Kier alpha value is -2.48. The molecule has 0 saturated carbocycles. The smallest absolute Gasteiger partial charge is 0.331 e. The maximum absolute atomic E-state index is 11.9. The van der Waals surface area contributed by atoms with Crippen LogP contribution in [-0.2, 0) is 36.7 Å². The minimum absolute atomic E-state index is 0.0883. The summed E-state index contributed by atoms with van der Waals surface area (Å²) in [5.74, 6) is -0.577. The van der Waals surface area contributed by atoms with Crippen molar-refractivity contribution in [1.29, 1.82) is 0 Å². The van der Waals surface area contributed by atoms with Gasteiger partial charge < -0.3 is 9.30 Å². The molecule has 0 radical (unpaired) electrons. The minimum Gasteiger partial charge on any atom is -0.456 e. The summed E-state index contributed by atoms with van der Waals surface area (Å²) in [6.07, 6.45) is 4.72. The summed E-state index contributed by atoms with van der Waals surface area (Å²) in [5.41, 5.74) is 0.0364. The summed E-state index contributed by atoms with van der Waals surface area (Å²) >= 11 is 1.52. The van der Waals surface area contributed by atoms with E-state index in [0.29, 0.717) is 5.69 Å². The third kappa shape index (κ3) is 4.04. The lowest BCUT2D eigenvalue weighted by molar-refractivity contribution is -0.139. The first-order valence-electron chi connectivity index (χ1n) is 6.97. The molecular weight excluding hydrogens is 318 g/mol. The molecule has 8 heteroatoms. The van der Waals surface area contributed by atoms with Crippen LogP contribution in [0.2, 0.25) is 0 Å². The molecule has 2 aromatic heterocycles. The van der Waals surface area contributed by atoms with E-state index < -0.39 is 17.2 Å². The standard InChI is InChI=1S/C15H17N3O4S/c1-4-12-16-11(9-23-12)8-22-13(19)6-5-10-7-17(2)15(21)18(3)14(10)20/h5-7,9H,4,8H2,1-3H3/b6-5+. The van der Waals surface area contributed by atoms with Gasteiger partial charge in [-0.2, -0.15) is 0 Å². The number of aromatic nitrogens is 3. The number of rotatable bonds is 5. The molecule has 0 atom stereocenters. The summed E-state index contributed by atoms with van der Waals surface area (Å²) in [4.78, 5) is 39.5. The first-order valence-corrected chi connectivity index (χ1v) is 7.85. The molecule has 0 unspecified atom stereocenters. The molecule has 0 bridgehead atoms. The predicted molar refractivity (Wildman–Crippen MR) is 87.2 cm³/mol. The molecule has 0 aliphatic heterocycles. The van der Waals surface area contributed by atoms with Gasteiger partial charge in [0.1, 0.15) is 6.61 Å². The third-order valence-corrected chi connectivity index (χ3v) is 4.18. The SMILES string of the molecule is CCc1nc(COC(=O)/C=C/c2cn(C)c(=O)n(C)c2=O)cs1. The van der Waals surface area contributed by atoms with Crippen molar-refractivity contribution in [3.63, 3.8) is 0 Å². The molecule has 7 nitrogen and oxygen atoms in total. The summed E-state index contributed by atoms with van der Waals surface area (Å²) < 4.78 is 7.32. The highest BCUT2D eigenvalue weighted by molar-refractivity contribution is 7.09. The Morgan fingerprint density at radius 1 is 1.39 bits per heavy atom. The molecule has 0 amide bonds. The number of carbonyl (C=O) groups is 1. The van der Waals surface area contributed by atoms with Crippen LogP contribution in [0.25, 0.3) is 6.08 Å². The van der Waals surface area contributed by atoms with E-state index in [-0.39, 0.29) is 12.2 Å². The molecule has 0 N–H and O–H groups in total. The predicted octanol–water partition coefficient (Wildman–Crippen LogP) is 0.859. The zero-order chi connectivity index (χ0) is 17.0. The number of carbonyl (C=O) groups excluding carboxylic acids is 1. The van der Waals surface area contributed by atoms with Gasteiger partial charge >= 0.3 is 11.7 Å². The van der Waals surface area contributed by atoms with E-state index in [9.17, 15) is 14.4 Å². The monoisotopic (exact) mass is 335 g/mol. The second kappa shape index (κ2) is 7.19. The van der Waals surface area contributed by atoms with Gasteiger partial charge in [-0.25, -0.2) is 14.6 Å². The Bertz CT molecular complexity index is 860. The van der Waals surface area contributed by atoms with E-state index in [4.69, 9.17) is 4.74 Å². The van der Waals surface area contributed by atoms with Gasteiger partial charge in [0, 0.05) is 31.7 Å². The lowest BCUT2D eigenvalue weighted by atomic mass is 10.3. The van der Waals surface area contributed by atoms with E-state index in [1.54, 1.807) is 0 Å². The zero-order valence-electron chi connectivity index (χ0n) is 13.1. The molecule has 2 rings (SSSR count). The molecule has 2 heterocycles. The first kappa shape index (κ1) is 16.9. The number of hydrogen-bond donors (Lipinski definition) is 0. The lowest BCUT2D eigenvalue weighted by Crippen LogP contribution is -2.37. The normalized spacial score (nSPS) is 11.1. The van der Waals surface area contributed by atoms with E-state index in [1.165, 1.54) is 42.3 Å². The van der Waals surface area contributed by atoms with Gasteiger partial charge in [0.25, 0.3) is 5.56 Å². The van der Waals surface area contributed by atoms with Crippen molar-refractivity contribution in [1.82, 2.24) is 14.1 Å². The second-order valence-corrected chi connectivity index (χ2v) is 5.81. The largest absolute Gasteiger partial charge is 0.456 e. The van der Waals surface area contributed by atoms with Gasteiger partial charge in [-0.15, -0.1) is 11.3 Å².